The van der Waals surface area contributed by atoms with E-state index in [2.05, 4.69) is 0 Å². The summed E-state index contributed by atoms with van der Waals surface area (Å²) >= 11 is 0. The van der Waals surface area contributed by atoms with Crippen molar-refractivity contribution in [1.29, 1.82) is 0 Å². The fourth-order valence-electron chi connectivity index (χ4n) is 5.06. The fourth-order valence-corrected chi connectivity index (χ4v) is 5.06. The first-order valence-corrected chi connectivity index (χ1v) is 11.7. The van der Waals surface area contributed by atoms with E-state index in [-0.39, 0.29) is 12.0 Å². The lowest BCUT2D eigenvalue weighted by Gasteiger charge is -2.26. The number of fused-ring (bicyclic) bond motifs is 3. The lowest BCUT2D eigenvalue weighted by atomic mass is 9.85. The van der Waals surface area contributed by atoms with Crippen LogP contribution < -0.4 is 10.4 Å². The smallest absolute Gasteiger partial charge is 0.336 e. The number of benzene rings is 3. The zero-order chi connectivity index (χ0) is 25.7. The van der Waals surface area contributed by atoms with Crippen LogP contribution in [-0.4, -0.2) is 17.0 Å². The van der Waals surface area contributed by atoms with Crippen molar-refractivity contribution in [3.8, 4) is 28.2 Å². The second kappa shape index (κ2) is 8.64. The van der Waals surface area contributed by atoms with Gasteiger partial charge in [0.05, 0.1) is 23.3 Å². The molecule has 3 heterocycles. The molecule has 0 spiro atoms. The van der Waals surface area contributed by atoms with Gasteiger partial charge in [0.25, 0.3) is 0 Å². The summed E-state index contributed by atoms with van der Waals surface area (Å²) in [4.78, 5) is 37.0. The van der Waals surface area contributed by atoms with Crippen LogP contribution in [0.15, 0.2) is 92.5 Å². The summed E-state index contributed by atoms with van der Waals surface area (Å²) in [7, 11) is 0. The molecule has 0 saturated carbocycles. The number of aromatic carboxylic acids is 1. The molecule has 1 atom stereocenters. The van der Waals surface area contributed by atoms with Crippen molar-refractivity contribution in [2.45, 2.75) is 19.3 Å². The van der Waals surface area contributed by atoms with Crippen LogP contribution in [0.25, 0.3) is 33.4 Å². The number of hydrogen-bond donors (Lipinski definition) is 1. The van der Waals surface area contributed by atoms with Crippen molar-refractivity contribution in [2.75, 3.05) is 0 Å². The summed E-state index contributed by atoms with van der Waals surface area (Å²) in [5.41, 5.74) is 3.31. The SMILES string of the molecule is Cc1cc2oc(=O)cc(-c3ccccc3)c2c2c1[C@H](c1ccc(-c3ccccc3C(=O)O)o1)CC(=O)O2. The van der Waals surface area contributed by atoms with Gasteiger partial charge in [-0.25, -0.2) is 9.59 Å². The van der Waals surface area contributed by atoms with E-state index >= 15 is 0 Å². The van der Waals surface area contributed by atoms with Crippen molar-refractivity contribution in [1.82, 2.24) is 0 Å². The van der Waals surface area contributed by atoms with E-state index in [1.54, 1.807) is 36.4 Å². The Hall–Kier alpha value is -4.91. The highest BCUT2D eigenvalue weighted by Crippen LogP contribution is 2.47. The third kappa shape index (κ3) is 3.81. The summed E-state index contributed by atoms with van der Waals surface area (Å²) < 4.78 is 17.5. The Morgan fingerprint density at radius 2 is 1.65 bits per heavy atom. The van der Waals surface area contributed by atoms with Crippen LogP contribution in [0, 0.1) is 6.92 Å². The monoisotopic (exact) mass is 492 g/mol. The van der Waals surface area contributed by atoms with E-state index in [1.807, 2.05) is 37.3 Å². The maximum absolute atomic E-state index is 12.9. The largest absolute Gasteiger partial charge is 0.478 e. The Morgan fingerprint density at radius 1 is 0.892 bits per heavy atom. The third-order valence-electron chi connectivity index (χ3n) is 6.65. The topological polar surface area (TPSA) is 107 Å². The maximum atomic E-state index is 12.9. The molecule has 7 heteroatoms. The second-order valence-corrected chi connectivity index (χ2v) is 8.94. The van der Waals surface area contributed by atoms with E-state index in [0.29, 0.717) is 39.4 Å². The molecule has 0 bridgehead atoms. The Morgan fingerprint density at radius 3 is 2.43 bits per heavy atom. The minimum Gasteiger partial charge on any atom is -0.478 e. The summed E-state index contributed by atoms with van der Waals surface area (Å²) in [5, 5.41) is 10.1. The van der Waals surface area contributed by atoms with Crippen molar-refractivity contribution < 1.29 is 28.3 Å². The van der Waals surface area contributed by atoms with Crippen LogP contribution in [0.4, 0.5) is 0 Å². The van der Waals surface area contributed by atoms with Crippen molar-refractivity contribution >= 4 is 22.9 Å². The molecule has 1 N–H and O–H groups in total. The molecular formula is C30H20O7. The molecule has 0 aliphatic carbocycles. The van der Waals surface area contributed by atoms with E-state index in [0.717, 1.165) is 16.7 Å². The van der Waals surface area contributed by atoms with Crippen LogP contribution >= 0.6 is 0 Å². The first-order valence-electron chi connectivity index (χ1n) is 11.7. The minimum atomic E-state index is -1.06. The van der Waals surface area contributed by atoms with Crippen molar-refractivity contribution in [2.24, 2.45) is 0 Å². The number of carbonyl (C=O) groups is 2. The Balaban J connectivity index is 1.56. The van der Waals surface area contributed by atoms with E-state index in [4.69, 9.17) is 13.6 Å². The molecule has 7 nitrogen and oxygen atoms in total. The van der Waals surface area contributed by atoms with E-state index in [9.17, 15) is 19.5 Å². The summed E-state index contributed by atoms with van der Waals surface area (Å²) in [6.07, 6.45) is 0.0460. The average molecular weight is 492 g/mol. The zero-order valence-corrected chi connectivity index (χ0v) is 19.7. The molecule has 1 aliphatic heterocycles. The van der Waals surface area contributed by atoms with Gasteiger partial charge in [0.1, 0.15) is 22.9 Å². The molecule has 0 fully saturated rings. The van der Waals surface area contributed by atoms with Crippen LogP contribution in [0.3, 0.4) is 0 Å². The molecular weight excluding hydrogens is 472 g/mol. The Bertz CT molecular complexity index is 1760. The van der Waals surface area contributed by atoms with E-state index < -0.39 is 23.5 Å². The number of furan rings is 1. The van der Waals surface area contributed by atoms with Crippen LogP contribution in [-0.2, 0) is 4.79 Å². The number of hydrogen-bond acceptors (Lipinski definition) is 6. The Labute approximate surface area is 210 Å². The molecule has 0 saturated heterocycles. The molecule has 0 amide bonds. The molecule has 37 heavy (non-hydrogen) atoms. The fraction of sp³-hybridized carbons (Fsp3) is 0.100. The molecule has 3 aromatic carbocycles. The number of rotatable bonds is 4. The molecule has 1 aliphatic rings. The van der Waals surface area contributed by atoms with Crippen molar-refractivity contribution in [3.63, 3.8) is 0 Å². The van der Waals surface area contributed by atoms with Gasteiger partial charge in [-0.15, -0.1) is 0 Å². The van der Waals surface area contributed by atoms with Crippen LogP contribution in [0.2, 0.25) is 0 Å². The normalized spacial score (nSPS) is 14.8. The van der Waals surface area contributed by atoms with Gasteiger partial charge in [-0.3, -0.25) is 4.79 Å². The number of carboxylic acid groups (broad SMARTS) is 1. The zero-order valence-electron chi connectivity index (χ0n) is 19.7. The predicted octanol–water partition coefficient (Wildman–Crippen LogP) is 6.17. The average Bonchev–Trinajstić information content (AvgIpc) is 3.38. The van der Waals surface area contributed by atoms with Gasteiger partial charge in [0.2, 0.25) is 0 Å². The maximum Gasteiger partial charge on any atom is 0.336 e. The lowest BCUT2D eigenvalue weighted by molar-refractivity contribution is -0.135. The van der Waals surface area contributed by atoms with Gasteiger partial charge < -0.3 is 18.7 Å². The van der Waals surface area contributed by atoms with Gasteiger partial charge in [-0.2, -0.15) is 0 Å². The standard InChI is InChI=1S/C30H20O7/c1-16-13-24-28(20(14-25(31)36-24)17-7-3-2-4-8-17)29-27(16)21(15-26(32)37-29)23-12-11-22(35-23)18-9-5-6-10-19(18)30(33)34/h2-14,21H,15H2,1H3,(H,33,34)/t21-/m0/s1. The quantitative estimate of drug-likeness (QED) is 0.182. The van der Waals surface area contributed by atoms with Gasteiger partial charge in [-0.05, 0) is 42.3 Å². The summed E-state index contributed by atoms with van der Waals surface area (Å²) in [5.74, 6) is -0.738. The number of aryl methyl sites for hydroxylation is 1. The molecule has 6 rings (SSSR count). The first kappa shape index (κ1) is 22.5. The number of ether oxygens (including phenoxy) is 1. The molecule has 0 radical (unpaired) electrons. The van der Waals surface area contributed by atoms with Crippen molar-refractivity contribution in [3.05, 3.63) is 112 Å². The first-order chi connectivity index (χ1) is 17.9. The third-order valence-corrected chi connectivity index (χ3v) is 6.65. The minimum absolute atomic E-state index is 0.0460. The molecule has 5 aromatic rings. The van der Waals surface area contributed by atoms with Crippen LogP contribution in [0.5, 0.6) is 5.75 Å². The highest BCUT2D eigenvalue weighted by molar-refractivity contribution is 6.01. The van der Waals surface area contributed by atoms with Gasteiger partial charge in [0.15, 0.2) is 0 Å². The molecule has 0 unspecified atom stereocenters. The van der Waals surface area contributed by atoms with E-state index in [1.165, 1.54) is 12.1 Å². The number of carbonyl (C=O) groups excluding carboxylic acids is 1. The summed E-state index contributed by atoms with van der Waals surface area (Å²) in [6, 6.07) is 22.6. The Kier molecular flexibility index (Phi) is 5.26. The van der Waals surface area contributed by atoms with Gasteiger partial charge >= 0.3 is 17.6 Å². The highest BCUT2D eigenvalue weighted by Gasteiger charge is 2.35. The second-order valence-electron chi connectivity index (χ2n) is 8.94. The predicted molar refractivity (Wildman–Crippen MR) is 136 cm³/mol. The highest BCUT2D eigenvalue weighted by atomic mass is 16.5. The van der Waals surface area contributed by atoms with Gasteiger partial charge in [-0.1, -0.05) is 48.5 Å². The van der Waals surface area contributed by atoms with Gasteiger partial charge in [0, 0.05) is 22.8 Å². The van der Waals surface area contributed by atoms with Crippen LogP contribution in [0.1, 0.15) is 39.6 Å². The molecule has 182 valence electrons. The summed E-state index contributed by atoms with van der Waals surface area (Å²) in [6.45, 7) is 1.86. The number of esters is 1. The molecule has 2 aromatic heterocycles. The lowest BCUT2D eigenvalue weighted by Crippen LogP contribution is -2.22. The number of carboxylic acids is 1.